The molecule has 0 saturated heterocycles. The third kappa shape index (κ3) is 3.68. The zero-order valence-corrected chi connectivity index (χ0v) is 10.3. The van der Waals surface area contributed by atoms with Crippen molar-refractivity contribution in [3.8, 4) is 0 Å². The number of carboxylic acids is 1. The molecule has 0 aromatic heterocycles. The van der Waals surface area contributed by atoms with E-state index in [-0.39, 0.29) is 5.02 Å². The van der Waals surface area contributed by atoms with E-state index < -0.39 is 17.0 Å². The molecule has 0 radical (unpaired) electrons. The lowest BCUT2D eigenvalue weighted by molar-refractivity contribution is -0.136. The van der Waals surface area contributed by atoms with Crippen LogP contribution in [0.3, 0.4) is 0 Å². The predicted molar refractivity (Wildman–Crippen MR) is 64.4 cm³/mol. The number of thioether (sulfide) groups is 1. The van der Waals surface area contributed by atoms with Crippen LogP contribution in [-0.4, -0.2) is 16.3 Å². The minimum atomic E-state index is -0.832. The molecule has 1 N–H and O–H groups in total. The molecule has 0 aliphatic rings. The van der Waals surface area contributed by atoms with E-state index in [9.17, 15) is 9.18 Å². The summed E-state index contributed by atoms with van der Waals surface area (Å²) in [7, 11) is 0. The highest BCUT2D eigenvalue weighted by Gasteiger charge is 2.15. The SMILES string of the molecule is CCC(SCc1ccc(Cl)c(F)c1)C(=O)O. The van der Waals surface area contributed by atoms with E-state index >= 15 is 0 Å². The van der Waals surface area contributed by atoms with Gasteiger partial charge in [-0.1, -0.05) is 24.6 Å². The molecule has 0 aliphatic heterocycles. The Labute approximate surface area is 103 Å². The van der Waals surface area contributed by atoms with Crippen molar-refractivity contribution in [3.05, 3.63) is 34.6 Å². The van der Waals surface area contributed by atoms with E-state index in [0.717, 1.165) is 5.56 Å². The van der Waals surface area contributed by atoms with Gasteiger partial charge in [0.2, 0.25) is 0 Å². The smallest absolute Gasteiger partial charge is 0.316 e. The fraction of sp³-hybridized carbons (Fsp3) is 0.364. The van der Waals surface area contributed by atoms with Crippen LogP contribution in [0.5, 0.6) is 0 Å². The number of aliphatic carboxylic acids is 1. The van der Waals surface area contributed by atoms with Gasteiger partial charge in [0.1, 0.15) is 11.1 Å². The van der Waals surface area contributed by atoms with Crippen LogP contribution in [0, 0.1) is 5.82 Å². The van der Waals surface area contributed by atoms with Crippen molar-refractivity contribution in [1.82, 2.24) is 0 Å². The van der Waals surface area contributed by atoms with Gasteiger partial charge < -0.3 is 5.11 Å². The number of halogens is 2. The molecule has 0 heterocycles. The molecule has 5 heteroatoms. The minimum Gasteiger partial charge on any atom is -0.480 e. The van der Waals surface area contributed by atoms with Gasteiger partial charge in [0.15, 0.2) is 0 Å². The summed E-state index contributed by atoms with van der Waals surface area (Å²) >= 11 is 6.83. The maximum atomic E-state index is 13.1. The van der Waals surface area contributed by atoms with Crippen molar-refractivity contribution in [3.63, 3.8) is 0 Å². The Bertz CT molecular complexity index is 384. The topological polar surface area (TPSA) is 37.3 Å². The van der Waals surface area contributed by atoms with Crippen LogP contribution < -0.4 is 0 Å². The molecule has 16 heavy (non-hydrogen) atoms. The van der Waals surface area contributed by atoms with Gasteiger partial charge in [-0.15, -0.1) is 11.8 Å². The highest BCUT2D eigenvalue weighted by molar-refractivity contribution is 7.99. The van der Waals surface area contributed by atoms with Crippen LogP contribution in [0.1, 0.15) is 18.9 Å². The van der Waals surface area contributed by atoms with E-state index in [2.05, 4.69) is 0 Å². The third-order valence-electron chi connectivity index (χ3n) is 2.08. The normalized spacial score (nSPS) is 12.4. The molecule has 1 unspecified atom stereocenters. The van der Waals surface area contributed by atoms with E-state index in [0.29, 0.717) is 12.2 Å². The number of benzene rings is 1. The number of rotatable bonds is 5. The first-order valence-electron chi connectivity index (χ1n) is 4.83. The quantitative estimate of drug-likeness (QED) is 0.881. The van der Waals surface area contributed by atoms with Gasteiger partial charge in [-0.2, -0.15) is 0 Å². The van der Waals surface area contributed by atoms with Crippen molar-refractivity contribution in [2.24, 2.45) is 0 Å². The molecule has 1 atom stereocenters. The van der Waals surface area contributed by atoms with Crippen LogP contribution in [0.25, 0.3) is 0 Å². The lowest BCUT2D eigenvalue weighted by atomic mass is 10.2. The Morgan fingerprint density at radius 1 is 1.62 bits per heavy atom. The molecule has 0 saturated carbocycles. The highest BCUT2D eigenvalue weighted by Crippen LogP contribution is 2.23. The number of carbonyl (C=O) groups is 1. The van der Waals surface area contributed by atoms with Gasteiger partial charge in [0.25, 0.3) is 0 Å². The van der Waals surface area contributed by atoms with Gasteiger partial charge in [-0.3, -0.25) is 4.79 Å². The Kier molecular flexibility index (Phi) is 5.09. The molecular formula is C11H12ClFO2S. The average Bonchev–Trinajstić information content (AvgIpc) is 2.23. The van der Waals surface area contributed by atoms with Crippen molar-refractivity contribution in [2.45, 2.75) is 24.3 Å². The average molecular weight is 263 g/mol. The van der Waals surface area contributed by atoms with Crippen molar-refractivity contribution < 1.29 is 14.3 Å². The highest BCUT2D eigenvalue weighted by atomic mass is 35.5. The maximum Gasteiger partial charge on any atom is 0.316 e. The van der Waals surface area contributed by atoms with Crippen LogP contribution in [0.2, 0.25) is 5.02 Å². The van der Waals surface area contributed by atoms with Crippen LogP contribution in [0.15, 0.2) is 18.2 Å². The second-order valence-electron chi connectivity index (χ2n) is 3.29. The molecule has 0 spiro atoms. The van der Waals surface area contributed by atoms with Gasteiger partial charge in [0, 0.05) is 5.75 Å². The Balaban J connectivity index is 2.60. The van der Waals surface area contributed by atoms with Crippen molar-refractivity contribution in [1.29, 1.82) is 0 Å². The lowest BCUT2D eigenvalue weighted by Gasteiger charge is -2.09. The molecule has 88 valence electrons. The van der Waals surface area contributed by atoms with Crippen molar-refractivity contribution in [2.75, 3.05) is 0 Å². The molecule has 1 aromatic rings. The lowest BCUT2D eigenvalue weighted by Crippen LogP contribution is -2.15. The summed E-state index contributed by atoms with van der Waals surface area (Å²) in [5, 5.41) is 8.47. The predicted octanol–water partition coefficient (Wildman–Crippen LogP) is 3.58. The maximum absolute atomic E-state index is 13.1. The summed E-state index contributed by atoms with van der Waals surface area (Å²) in [6, 6.07) is 4.52. The zero-order valence-electron chi connectivity index (χ0n) is 8.74. The molecule has 0 bridgehead atoms. The number of hydrogen-bond acceptors (Lipinski definition) is 2. The number of carboxylic acid groups (broad SMARTS) is 1. The fourth-order valence-corrected chi connectivity index (χ4v) is 2.26. The molecule has 0 fully saturated rings. The second kappa shape index (κ2) is 6.11. The first-order chi connectivity index (χ1) is 7.54. The fourth-order valence-electron chi connectivity index (χ4n) is 1.19. The summed E-state index contributed by atoms with van der Waals surface area (Å²) in [6.07, 6.45) is 0.552. The zero-order chi connectivity index (χ0) is 12.1. The molecule has 0 aliphatic carbocycles. The van der Waals surface area contributed by atoms with Gasteiger partial charge in [-0.05, 0) is 24.1 Å². The largest absolute Gasteiger partial charge is 0.480 e. The molecule has 1 rings (SSSR count). The van der Waals surface area contributed by atoms with Gasteiger partial charge >= 0.3 is 5.97 Å². The summed E-state index contributed by atoms with van der Waals surface area (Å²) in [6.45, 7) is 1.81. The second-order valence-corrected chi connectivity index (χ2v) is 4.89. The monoisotopic (exact) mass is 262 g/mol. The standard InChI is InChI=1S/C11H12ClFO2S/c1-2-10(11(14)15)16-6-7-3-4-8(12)9(13)5-7/h3-5,10H,2,6H2,1H3,(H,14,15). The Morgan fingerprint density at radius 2 is 2.31 bits per heavy atom. The first-order valence-corrected chi connectivity index (χ1v) is 6.25. The molecule has 2 nitrogen and oxygen atoms in total. The van der Waals surface area contributed by atoms with Crippen molar-refractivity contribution >= 4 is 29.3 Å². The van der Waals surface area contributed by atoms with Gasteiger partial charge in [0.05, 0.1) is 5.02 Å². The Morgan fingerprint density at radius 3 is 2.81 bits per heavy atom. The van der Waals surface area contributed by atoms with E-state index in [4.69, 9.17) is 16.7 Å². The van der Waals surface area contributed by atoms with E-state index in [1.54, 1.807) is 6.07 Å². The van der Waals surface area contributed by atoms with Crippen LogP contribution in [-0.2, 0) is 10.5 Å². The molecule has 0 amide bonds. The number of hydrogen-bond donors (Lipinski definition) is 1. The van der Waals surface area contributed by atoms with E-state index in [1.807, 2.05) is 6.92 Å². The molecular weight excluding hydrogens is 251 g/mol. The summed E-state index contributed by atoms with van der Waals surface area (Å²) in [5.74, 6) is -0.830. The van der Waals surface area contributed by atoms with E-state index in [1.165, 1.54) is 23.9 Å². The Hall–Kier alpha value is -0.740. The summed E-state index contributed by atoms with van der Waals surface area (Å²) < 4.78 is 13.1. The molecule has 1 aromatic carbocycles. The summed E-state index contributed by atoms with van der Waals surface area (Å²) in [4.78, 5) is 10.8. The minimum absolute atomic E-state index is 0.0824. The first kappa shape index (κ1) is 13.3. The summed E-state index contributed by atoms with van der Waals surface area (Å²) in [5.41, 5.74) is 0.742. The van der Waals surface area contributed by atoms with Gasteiger partial charge in [-0.25, -0.2) is 4.39 Å². The van der Waals surface area contributed by atoms with Crippen LogP contribution >= 0.6 is 23.4 Å². The van der Waals surface area contributed by atoms with Crippen LogP contribution in [0.4, 0.5) is 4.39 Å². The third-order valence-corrected chi connectivity index (χ3v) is 3.83.